The van der Waals surface area contributed by atoms with Gasteiger partial charge >= 0.3 is 5.97 Å². The molecule has 0 amide bonds. The Hall–Kier alpha value is -1.46. The minimum atomic E-state index is -0.181. The number of hydrogen-bond donors (Lipinski definition) is 0. The van der Waals surface area contributed by atoms with Gasteiger partial charge in [-0.2, -0.15) is 0 Å². The van der Waals surface area contributed by atoms with E-state index in [-0.39, 0.29) is 35.8 Å². The Morgan fingerprint density at radius 2 is 1.96 bits per heavy atom. The van der Waals surface area contributed by atoms with E-state index in [1.165, 1.54) is 20.0 Å². The maximum Gasteiger partial charge on any atom is 0.305 e. The third-order valence-corrected chi connectivity index (χ3v) is 5.49. The fourth-order valence-corrected chi connectivity index (χ4v) is 3.71. The topological polar surface area (TPSA) is 61.8 Å². The first kappa shape index (κ1) is 24.6. The third-order valence-electron chi connectivity index (χ3n) is 5.49. The summed E-state index contributed by atoms with van der Waals surface area (Å²) in [5, 5.41) is 0. The van der Waals surface area contributed by atoms with Gasteiger partial charge in [-0.25, -0.2) is 0 Å². The molecule has 1 rings (SSSR count). The number of unbranched alkanes of at least 4 members (excludes halogenated alkanes) is 3. The second-order valence-corrected chi connectivity index (χ2v) is 7.46. The highest BCUT2D eigenvalue weighted by Gasteiger charge is 2.40. The summed E-state index contributed by atoms with van der Waals surface area (Å²) in [6, 6.07) is 0. The van der Waals surface area contributed by atoms with Crippen LogP contribution in [0.4, 0.5) is 0 Å². The molecule has 0 aromatic carbocycles. The summed E-state index contributed by atoms with van der Waals surface area (Å²) < 4.78 is 15.8. The molecule has 0 radical (unpaired) electrons. The van der Waals surface area contributed by atoms with Gasteiger partial charge in [0, 0.05) is 38.9 Å². The van der Waals surface area contributed by atoms with Gasteiger partial charge in [-0.05, 0) is 25.7 Å². The van der Waals surface area contributed by atoms with Gasteiger partial charge in [0.05, 0.1) is 19.3 Å². The fourth-order valence-electron chi connectivity index (χ4n) is 3.71. The Labute approximate surface area is 170 Å². The van der Waals surface area contributed by atoms with Crippen LogP contribution in [-0.4, -0.2) is 45.3 Å². The van der Waals surface area contributed by atoms with Gasteiger partial charge in [-0.15, -0.1) is 0 Å². The van der Waals surface area contributed by atoms with Crippen molar-refractivity contribution in [3.63, 3.8) is 0 Å². The number of allylic oxidation sites excluding steroid dienone is 2. The molecule has 1 saturated carbocycles. The normalized spacial score (nSPS) is 23.7. The van der Waals surface area contributed by atoms with E-state index in [2.05, 4.69) is 36.0 Å². The van der Waals surface area contributed by atoms with Crippen molar-refractivity contribution in [2.45, 2.75) is 76.9 Å². The van der Waals surface area contributed by atoms with Gasteiger partial charge in [0.25, 0.3) is 0 Å². The lowest BCUT2D eigenvalue weighted by Gasteiger charge is -2.20. The molecule has 0 aromatic rings. The molecule has 0 saturated heterocycles. The SMILES string of the molecule is CCCCC[C@@H](/C=C/[C@H]1[C@H](OC)CC(=O)[C@@H]1C/C=C\CCCC(=O)OC)OC. The van der Waals surface area contributed by atoms with E-state index in [0.29, 0.717) is 19.3 Å². The molecule has 0 aromatic heterocycles. The van der Waals surface area contributed by atoms with Crippen LogP contribution < -0.4 is 0 Å². The van der Waals surface area contributed by atoms with Gasteiger partial charge in [-0.3, -0.25) is 9.59 Å². The van der Waals surface area contributed by atoms with Gasteiger partial charge in [0.2, 0.25) is 0 Å². The predicted molar refractivity (Wildman–Crippen MR) is 111 cm³/mol. The van der Waals surface area contributed by atoms with Crippen molar-refractivity contribution in [2.24, 2.45) is 11.8 Å². The average Bonchev–Trinajstić information content (AvgIpc) is 3.01. The first-order valence-electron chi connectivity index (χ1n) is 10.6. The third kappa shape index (κ3) is 8.70. The molecule has 5 heteroatoms. The Kier molecular flexibility index (Phi) is 12.8. The summed E-state index contributed by atoms with van der Waals surface area (Å²) in [6.07, 6.45) is 16.1. The van der Waals surface area contributed by atoms with Crippen LogP contribution in [0.5, 0.6) is 0 Å². The highest BCUT2D eigenvalue weighted by molar-refractivity contribution is 5.84. The van der Waals surface area contributed by atoms with Crippen molar-refractivity contribution in [3.05, 3.63) is 24.3 Å². The summed E-state index contributed by atoms with van der Waals surface area (Å²) in [7, 11) is 4.82. The van der Waals surface area contributed by atoms with Crippen LogP contribution in [0.25, 0.3) is 0 Å². The first-order valence-corrected chi connectivity index (χ1v) is 10.6. The summed E-state index contributed by atoms with van der Waals surface area (Å²) in [4.78, 5) is 23.6. The highest BCUT2D eigenvalue weighted by atomic mass is 16.5. The van der Waals surface area contributed by atoms with Crippen molar-refractivity contribution in [1.82, 2.24) is 0 Å². The number of carbonyl (C=O) groups excluding carboxylic acids is 2. The monoisotopic (exact) mass is 394 g/mol. The zero-order valence-electron chi connectivity index (χ0n) is 18.0. The molecular formula is C23H38O5. The molecule has 160 valence electrons. The first-order chi connectivity index (χ1) is 13.6. The summed E-state index contributed by atoms with van der Waals surface area (Å²) in [5.41, 5.74) is 0. The van der Waals surface area contributed by atoms with Crippen molar-refractivity contribution in [2.75, 3.05) is 21.3 Å². The number of methoxy groups -OCH3 is 3. The predicted octanol–water partition coefficient (Wildman–Crippen LogP) is 4.65. The van der Waals surface area contributed by atoms with E-state index in [4.69, 9.17) is 9.47 Å². The number of ketones is 1. The van der Waals surface area contributed by atoms with Crippen LogP contribution in [-0.2, 0) is 23.8 Å². The van der Waals surface area contributed by atoms with E-state index < -0.39 is 0 Å². The smallest absolute Gasteiger partial charge is 0.305 e. The van der Waals surface area contributed by atoms with E-state index in [1.807, 2.05) is 0 Å². The van der Waals surface area contributed by atoms with Gasteiger partial charge in [-0.1, -0.05) is 50.5 Å². The molecule has 0 N–H and O–H groups in total. The summed E-state index contributed by atoms with van der Waals surface area (Å²) in [5.74, 6) is 0.118. The summed E-state index contributed by atoms with van der Waals surface area (Å²) in [6.45, 7) is 2.19. The molecule has 0 spiro atoms. The van der Waals surface area contributed by atoms with E-state index >= 15 is 0 Å². The van der Waals surface area contributed by atoms with Crippen LogP contribution in [0.1, 0.15) is 64.7 Å². The summed E-state index contributed by atoms with van der Waals surface area (Å²) >= 11 is 0. The lowest BCUT2D eigenvalue weighted by atomic mass is 9.90. The second kappa shape index (κ2) is 14.5. The second-order valence-electron chi connectivity index (χ2n) is 7.46. The minimum absolute atomic E-state index is 0.0498. The van der Waals surface area contributed by atoms with Gasteiger partial charge in [0.1, 0.15) is 5.78 Å². The Bertz CT molecular complexity index is 511. The number of hydrogen-bond acceptors (Lipinski definition) is 5. The largest absolute Gasteiger partial charge is 0.469 e. The Morgan fingerprint density at radius 1 is 1.18 bits per heavy atom. The Morgan fingerprint density at radius 3 is 2.61 bits per heavy atom. The van der Waals surface area contributed by atoms with E-state index in [1.54, 1.807) is 14.2 Å². The molecule has 0 aliphatic heterocycles. The van der Waals surface area contributed by atoms with E-state index in [9.17, 15) is 9.59 Å². The lowest BCUT2D eigenvalue weighted by molar-refractivity contribution is -0.140. The minimum Gasteiger partial charge on any atom is -0.469 e. The van der Waals surface area contributed by atoms with Crippen LogP contribution in [0.15, 0.2) is 24.3 Å². The van der Waals surface area contributed by atoms with E-state index in [0.717, 1.165) is 25.7 Å². The molecule has 0 unspecified atom stereocenters. The molecule has 1 fully saturated rings. The average molecular weight is 395 g/mol. The Balaban J connectivity index is 2.60. The molecule has 1 aliphatic rings. The molecule has 28 heavy (non-hydrogen) atoms. The molecule has 1 aliphatic carbocycles. The van der Waals surface area contributed by atoms with Crippen molar-refractivity contribution >= 4 is 11.8 Å². The molecule has 0 heterocycles. The van der Waals surface area contributed by atoms with Gasteiger partial charge in [0.15, 0.2) is 0 Å². The molecule has 4 atom stereocenters. The van der Waals surface area contributed by atoms with Crippen molar-refractivity contribution < 1.29 is 23.8 Å². The lowest BCUT2D eigenvalue weighted by Crippen LogP contribution is -2.20. The van der Waals surface area contributed by atoms with Crippen molar-refractivity contribution in [1.29, 1.82) is 0 Å². The maximum absolute atomic E-state index is 12.5. The number of esters is 1. The molecule has 5 nitrogen and oxygen atoms in total. The van der Waals surface area contributed by atoms with Crippen LogP contribution >= 0.6 is 0 Å². The maximum atomic E-state index is 12.5. The number of Topliss-reactive ketones (excluding diaryl/α,β-unsaturated/α-hetero) is 1. The fraction of sp³-hybridized carbons (Fsp3) is 0.739. The number of rotatable bonds is 14. The van der Waals surface area contributed by atoms with Crippen LogP contribution in [0, 0.1) is 11.8 Å². The quantitative estimate of drug-likeness (QED) is 0.244. The molecule has 0 bridgehead atoms. The van der Waals surface area contributed by atoms with Crippen molar-refractivity contribution in [3.8, 4) is 0 Å². The zero-order valence-corrected chi connectivity index (χ0v) is 18.0. The van der Waals surface area contributed by atoms with Crippen LogP contribution in [0.2, 0.25) is 0 Å². The molecular weight excluding hydrogens is 356 g/mol. The highest BCUT2D eigenvalue weighted by Crippen LogP contribution is 2.35. The number of carbonyl (C=O) groups is 2. The van der Waals surface area contributed by atoms with Gasteiger partial charge < -0.3 is 14.2 Å². The zero-order chi connectivity index (χ0) is 20.8. The van der Waals surface area contributed by atoms with Crippen LogP contribution in [0.3, 0.4) is 0 Å². The number of ether oxygens (including phenoxy) is 3. The standard InChI is InChI=1S/C23H38O5/c1-5-6-9-12-18(26-2)15-16-20-19(21(24)17-22(20)27-3)13-10-7-8-11-14-23(25)28-4/h7,10,15-16,18-20,22H,5-6,8-9,11-14,17H2,1-4H3/b10-7-,16-15+/t18-,19+,20+,22+/m0/s1.